The van der Waals surface area contributed by atoms with E-state index in [1.807, 2.05) is 44.3 Å². The normalized spacial score (nSPS) is 10.6. The molecule has 1 aromatic carbocycles. The SMILES string of the molecule is CNCc1c(Cl)cccc1N(C)Cc1cccc(C)n1. The maximum atomic E-state index is 6.30. The Balaban J connectivity index is 2.25. The molecule has 0 aliphatic heterocycles. The molecule has 1 N–H and O–H groups in total. The number of aryl methyl sites for hydroxylation is 1. The smallest absolute Gasteiger partial charge is 0.0600 e. The molecule has 0 atom stereocenters. The number of aromatic nitrogens is 1. The van der Waals surface area contributed by atoms with E-state index < -0.39 is 0 Å². The van der Waals surface area contributed by atoms with Gasteiger partial charge in [-0.1, -0.05) is 23.7 Å². The average Bonchev–Trinajstić information content (AvgIpc) is 2.41. The van der Waals surface area contributed by atoms with Crippen LogP contribution in [0.2, 0.25) is 5.02 Å². The van der Waals surface area contributed by atoms with Gasteiger partial charge >= 0.3 is 0 Å². The third-order valence-corrected chi connectivity index (χ3v) is 3.56. The molecule has 0 aliphatic rings. The van der Waals surface area contributed by atoms with Gasteiger partial charge in [-0.25, -0.2) is 0 Å². The number of rotatable bonds is 5. The highest BCUT2D eigenvalue weighted by atomic mass is 35.5. The van der Waals surface area contributed by atoms with Crippen molar-refractivity contribution < 1.29 is 0 Å². The van der Waals surface area contributed by atoms with Crippen molar-refractivity contribution in [3.05, 3.63) is 58.4 Å². The van der Waals surface area contributed by atoms with Crippen LogP contribution in [0.5, 0.6) is 0 Å². The van der Waals surface area contributed by atoms with Gasteiger partial charge < -0.3 is 10.2 Å². The lowest BCUT2D eigenvalue weighted by Crippen LogP contribution is -2.20. The quantitative estimate of drug-likeness (QED) is 0.914. The summed E-state index contributed by atoms with van der Waals surface area (Å²) in [5.41, 5.74) is 4.35. The fourth-order valence-electron chi connectivity index (χ4n) is 2.27. The van der Waals surface area contributed by atoms with E-state index in [1.54, 1.807) is 0 Å². The topological polar surface area (TPSA) is 28.2 Å². The first-order valence-corrected chi connectivity index (χ1v) is 7.05. The second-order valence-corrected chi connectivity index (χ2v) is 5.30. The number of halogens is 1. The van der Waals surface area contributed by atoms with Gasteiger partial charge in [0.15, 0.2) is 0 Å². The van der Waals surface area contributed by atoms with E-state index in [-0.39, 0.29) is 0 Å². The van der Waals surface area contributed by atoms with Crippen molar-refractivity contribution in [1.82, 2.24) is 10.3 Å². The molecule has 0 aliphatic carbocycles. The van der Waals surface area contributed by atoms with Crippen molar-refractivity contribution in [3.63, 3.8) is 0 Å². The maximum absolute atomic E-state index is 6.30. The van der Waals surface area contributed by atoms with Gasteiger partial charge in [-0.05, 0) is 38.2 Å². The number of pyridine rings is 1. The highest BCUT2D eigenvalue weighted by Crippen LogP contribution is 2.27. The monoisotopic (exact) mass is 289 g/mol. The van der Waals surface area contributed by atoms with Crippen LogP contribution in [0.1, 0.15) is 17.0 Å². The Hall–Kier alpha value is -1.58. The van der Waals surface area contributed by atoms with Crippen LogP contribution in [0.3, 0.4) is 0 Å². The number of anilines is 1. The average molecular weight is 290 g/mol. The Morgan fingerprint density at radius 1 is 1.20 bits per heavy atom. The molecule has 20 heavy (non-hydrogen) atoms. The second-order valence-electron chi connectivity index (χ2n) is 4.89. The molecule has 0 bridgehead atoms. The van der Waals surface area contributed by atoms with Crippen LogP contribution in [0, 0.1) is 6.92 Å². The van der Waals surface area contributed by atoms with Gasteiger partial charge in [0.25, 0.3) is 0 Å². The number of benzene rings is 1. The van der Waals surface area contributed by atoms with E-state index in [9.17, 15) is 0 Å². The molecule has 0 saturated heterocycles. The van der Waals surface area contributed by atoms with Crippen LogP contribution in [-0.2, 0) is 13.1 Å². The van der Waals surface area contributed by atoms with Crippen LogP contribution in [-0.4, -0.2) is 19.1 Å². The molecule has 106 valence electrons. The number of hydrogen-bond donors (Lipinski definition) is 1. The number of hydrogen-bond acceptors (Lipinski definition) is 3. The van der Waals surface area contributed by atoms with Gasteiger partial charge in [0.2, 0.25) is 0 Å². The predicted molar refractivity (Wildman–Crippen MR) is 85.3 cm³/mol. The molecule has 0 radical (unpaired) electrons. The van der Waals surface area contributed by atoms with E-state index in [4.69, 9.17) is 11.6 Å². The molecule has 4 heteroatoms. The Morgan fingerprint density at radius 2 is 1.95 bits per heavy atom. The largest absolute Gasteiger partial charge is 0.368 e. The minimum atomic E-state index is 0.751. The molecular weight excluding hydrogens is 270 g/mol. The molecule has 1 aromatic heterocycles. The summed E-state index contributed by atoms with van der Waals surface area (Å²) >= 11 is 6.30. The lowest BCUT2D eigenvalue weighted by molar-refractivity contribution is 0.801. The minimum Gasteiger partial charge on any atom is -0.368 e. The molecule has 2 rings (SSSR count). The van der Waals surface area contributed by atoms with Crippen LogP contribution >= 0.6 is 11.6 Å². The van der Waals surface area contributed by atoms with Gasteiger partial charge in [0.05, 0.1) is 12.2 Å². The molecule has 0 amide bonds. The van der Waals surface area contributed by atoms with E-state index >= 15 is 0 Å². The second kappa shape index (κ2) is 6.73. The van der Waals surface area contributed by atoms with E-state index in [2.05, 4.69) is 28.3 Å². The lowest BCUT2D eigenvalue weighted by Gasteiger charge is -2.23. The fourth-order valence-corrected chi connectivity index (χ4v) is 2.51. The van der Waals surface area contributed by atoms with Crippen molar-refractivity contribution in [2.75, 3.05) is 19.0 Å². The summed E-state index contributed by atoms with van der Waals surface area (Å²) in [6.45, 7) is 3.52. The van der Waals surface area contributed by atoms with Crippen molar-refractivity contribution in [1.29, 1.82) is 0 Å². The molecule has 1 heterocycles. The number of nitrogens with one attached hydrogen (secondary N) is 1. The van der Waals surface area contributed by atoms with Gasteiger partial charge in [-0.3, -0.25) is 4.98 Å². The highest BCUT2D eigenvalue weighted by Gasteiger charge is 2.11. The van der Waals surface area contributed by atoms with Gasteiger partial charge in [0, 0.05) is 35.6 Å². The third kappa shape index (κ3) is 3.50. The first-order valence-electron chi connectivity index (χ1n) is 6.67. The summed E-state index contributed by atoms with van der Waals surface area (Å²) in [6.07, 6.45) is 0. The van der Waals surface area contributed by atoms with Crippen LogP contribution < -0.4 is 10.2 Å². The summed E-state index contributed by atoms with van der Waals surface area (Å²) < 4.78 is 0. The zero-order valence-corrected chi connectivity index (χ0v) is 12.9. The van der Waals surface area contributed by atoms with Crippen LogP contribution in [0.4, 0.5) is 5.69 Å². The van der Waals surface area contributed by atoms with Gasteiger partial charge in [0.1, 0.15) is 0 Å². The summed E-state index contributed by atoms with van der Waals surface area (Å²) in [7, 11) is 3.99. The summed E-state index contributed by atoms with van der Waals surface area (Å²) in [4.78, 5) is 6.73. The molecule has 0 spiro atoms. The summed E-state index contributed by atoms with van der Waals surface area (Å²) in [5, 5.41) is 3.96. The van der Waals surface area contributed by atoms with E-state index in [0.29, 0.717) is 0 Å². The third-order valence-electron chi connectivity index (χ3n) is 3.20. The predicted octanol–water partition coefficient (Wildman–Crippen LogP) is 3.40. The molecule has 3 nitrogen and oxygen atoms in total. The first-order chi connectivity index (χ1) is 9.61. The first kappa shape index (κ1) is 14.8. The van der Waals surface area contributed by atoms with Gasteiger partial charge in [-0.15, -0.1) is 0 Å². The minimum absolute atomic E-state index is 0.751. The Morgan fingerprint density at radius 3 is 2.65 bits per heavy atom. The molecule has 0 unspecified atom stereocenters. The maximum Gasteiger partial charge on any atom is 0.0600 e. The molecule has 0 fully saturated rings. The highest BCUT2D eigenvalue weighted by molar-refractivity contribution is 6.31. The zero-order chi connectivity index (χ0) is 14.5. The summed E-state index contributed by atoms with van der Waals surface area (Å²) in [6, 6.07) is 12.1. The lowest BCUT2D eigenvalue weighted by atomic mass is 10.1. The Kier molecular flexibility index (Phi) is 4.99. The Labute approximate surface area is 125 Å². The van der Waals surface area contributed by atoms with Gasteiger partial charge in [-0.2, -0.15) is 0 Å². The molecular formula is C16H20ClN3. The Bertz CT molecular complexity index is 584. The van der Waals surface area contributed by atoms with E-state index in [0.717, 1.165) is 40.8 Å². The zero-order valence-electron chi connectivity index (χ0n) is 12.2. The number of nitrogens with zero attached hydrogens (tertiary/aromatic N) is 2. The van der Waals surface area contributed by atoms with Crippen molar-refractivity contribution in [2.45, 2.75) is 20.0 Å². The van der Waals surface area contributed by atoms with Crippen molar-refractivity contribution >= 4 is 17.3 Å². The van der Waals surface area contributed by atoms with Crippen molar-refractivity contribution in [3.8, 4) is 0 Å². The molecule has 2 aromatic rings. The van der Waals surface area contributed by atoms with Crippen molar-refractivity contribution in [2.24, 2.45) is 0 Å². The van der Waals surface area contributed by atoms with Crippen LogP contribution in [0.15, 0.2) is 36.4 Å². The van der Waals surface area contributed by atoms with E-state index in [1.165, 1.54) is 0 Å². The molecule has 0 saturated carbocycles. The summed E-state index contributed by atoms with van der Waals surface area (Å²) in [5.74, 6) is 0. The van der Waals surface area contributed by atoms with Crippen LogP contribution in [0.25, 0.3) is 0 Å². The fraction of sp³-hybridized carbons (Fsp3) is 0.312. The standard InChI is InChI=1S/C16H20ClN3/c1-12-6-4-7-13(19-12)11-20(3)16-9-5-8-15(17)14(16)10-18-2/h4-9,18H,10-11H2,1-3H3.